The predicted molar refractivity (Wildman–Crippen MR) is 163 cm³/mol. The summed E-state index contributed by atoms with van der Waals surface area (Å²) >= 11 is 7.96. The van der Waals surface area contributed by atoms with E-state index in [4.69, 9.17) is 20.9 Å². The molecule has 0 aliphatic carbocycles. The van der Waals surface area contributed by atoms with E-state index in [9.17, 15) is 18.3 Å². The number of aromatic nitrogens is 4. The van der Waals surface area contributed by atoms with Gasteiger partial charge in [0, 0.05) is 42.6 Å². The van der Waals surface area contributed by atoms with Gasteiger partial charge in [-0.25, -0.2) is 9.97 Å². The van der Waals surface area contributed by atoms with Crippen LogP contribution in [0.1, 0.15) is 13.8 Å². The van der Waals surface area contributed by atoms with Crippen molar-refractivity contribution in [1.29, 1.82) is 0 Å². The minimum Gasteiger partial charge on any atom is -0.456 e. The van der Waals surface area contributed by atoms with Crippen molar-refractivity contribution >= 4 is 71.8 Å². The van der Waals surface area contributed by atoms with Crippen LogP contribution >= 0.6 is 23.1 Å². The maximum Gasteiger partial charge on any atom is 0.261 e. The number of aliphatic hydroxyl groups is 1. The topological polar surface area (TPSA) is 169 Å². The number of rotatable bonds is 9. The third kappa shape index (κ3) is 8.14. The van der Waals surface area contributed by atoms with Crippen LogP contribution in [0.5, 0.6) is 11.5 Å². The van der Waals surface area contributed by atoms with E-state index in [0.29, 0.717) is 41.7 Å². The van der Waals surface area contributed by atoms with E-state index in [2.05, 4.69) is 25.0 Å². The molecule has 0 atom stereocenters. The smallest absolute Gasteiger partial charge is 0.261 e. The number of anilines is 2. The molecule has 0 radical (unpaired) electrons. The zero-order chi connectivity index (χ0) is 30.5. The Morgan fingerprint density at radius 1 is 1.17 bits per heavy atom. The summed E-state index contributed by atoms with van der Waals surface area (Å²) in [6.07, 6.45) is 5.94. The monoisotopic (exact) mass is 632 g/mol. The molecule has 0 aliphatic heterocycles. The molecule has 2 aromatic carbocycles. The van der Waals surface area contributed by atoms with Gasteiger partial charge in [0.15, 0.2) is 5.82 Å². The predicted octanol–water partition coefficient (Wildman–Crippen LogP) is 4.87. The summed E-state index contributed by atoms with van der Waals surface area (Å²) in [4.78, 5) is 21.1. The second-order valence-electron chi connectivity index (χ2n) is 9.89. The van der Waals surface area contributed by atoms with Crippen molar-refractivity contribution in [3.8, 4) is 11.5 Å². The number of carbonyl (C=O) groups excluding carboxylic acids is 1. The van der Waals surface area contributed by atoms with E-state index in [-0.39, 0.29) is 12.5 Å². The number of fused-ring (bicyclic) bond motifs is 2. The van der Waals surface area contributed by atoms with E-state index >= 15 is 0 Å². The summed E-state index contributed by atoms with van der Waals surface area (Å²) in [6, 6.07) is 13.1. The van der Waals surface area contributed by atoms with Crippen LogP contribution in [-0.2, 0) is 21.5 Å². The highest BCUT2D eigenvalue weighted by atomic mass is 35.5. The largest absolute Gasteiger partial charge is 0.456 e. The normalized spacial score (nSPS) is 11.7. The Morgan fingerprint density at radius 2 is 1.93 bits per heavy atom. The molecule has 0 aliphatic rings. The van der Waals surface area contributed by atoms with E-state index < -0.39 is 15.5 Å². The van der Waals surface area contributed by atoms with Crippen molar-refractivity contribution in [2.45, 2.75) is 20.4 Å². The minimum absolute atomic E-state index is 0.204. The number of amides is 1. The lowest BCUT2D eigenvalue weighted by atomic mass is 9.94. The Bertz CT molecular complexity index is 1810. The standard InChI is InChI=1S/C26H25ClN6O3S.CH4O3S/c1-26(2,14-34)25(35)28-8-10-33-9-7-20-23(33)24(30-15-29-20)32-17-4-6-21(19(27)11-17)36-18-5-3-16-13-31-37-22(16)12-18;1-5(2,3)4/h3-7,9,11-13,15,34H,8,10,14H2,1-2H3,(H,28,35)(H,29,30,32);1H3,(H,2,3,4). The summed E-state index contributed by atoms with van der Waals surface area (Å²) < 4.78 is 39.1. The lowest BCUT2D eigenvalue weighted by molar-refractivity contribution is -0.131. The van der Waals surface area contributed by atoms with Gasteiger partial charge in [-0.1, -0.05) is 11.6 Å². The van der Waals surface area contributed by atoms with Crippen LogP contribution in [0.25, 0.3) is 21.1 Å². The first-order valence-electron chi connectivity index (χ1n) is 12.5. The number of ether oxygens (including phenoxy) is 1. The van der Waals surface area contributed by atoms with Gasteiger partial charge in [-0.2, -0.15) is 12.8 Å². The van der Waals surface area contributed by atoms with Crippen molar-refractivity contribution < 1.29 is 27.6 Å². The van der Waals surface area contributed by atoms with E-state index in [1.54, 1.807) is 26.0 Å². The van der Waals surface area contributed by atoms with Crippen LogP contribution < -0.4 is 15.4 Å². The molecular formula is C27H29ClN6O6S2. The quantitative estimate of drug-likeness (QED) is 0.165. The maximum absolute atomic E-state index is 12.3. The first-order valence-corrected chi connectivity index (χ1v) is 15.5. The van der Waals surface area contributed by atoms with Gasteiger partial charge in [-0.3, -0.25) is 9.35 Å². The van der Waals surface area contributed by atoms with Crippen molar-refractivity contribution in [1.82, 2.24) is 24.2 Å². The molecule has 1 amide bonds. The number of carbonyl (C=O) groups is 1. The zero-order valence-electron chi connectivity index (χ0n) is 22.9. The molecular weight excluding hydrogens is 604 g/mol. The second kappa shape index (κ2) is 13.0. The summed E-state index contributed by atoms with van der Waals surface area (Å²) in [5, 5.41) is 17.1. The lowest BCUT2D eigenvalue weighted by Crippen LogP contribution is -2.40. The summed E-state index contributed by atoms with van der Waals surface area (Å²) in [5.41, 5.74) is 1.47. The molecule has 0 saturated heterocycles. The van der Waals surface area contributed by atoms with Gasteiger partial charge in [-0.15, -0.1) is 0 Å². The molecule has 0 fully saturated rings. The Balaban J connectivity index is 0.000000748. The molecule has 12 nitrogen and oxygen atoms in total. The van der Waals surface area contributed by atoms with Crippen LogP contribution in [0.2, 0.25) is 5.02 Å². The van der Waals surface area contributed by atoms with Gasteiger partial charge in [-0.05, 0) is 61.8 Å². The summed E-state index contributed by atoms with van der Waals surface area (Å²) in [7, 11) is -3.67. The van der Waals surface area contributed by atoms with Crippen molar-refractivity contribution in [3.05, 3.63) is 66.2 Å². The fourth-order valence-corrected chi connectivity index (χ4v) is 4.63. The first kappa shape index (κ1) is 31.1. The van der Waals surface area contributed by atoms with Gasteiger partial charge < -0.3 is 25.0 Å². The first-order chi connectivity index (χ1) is 19.8. The Labute approximate surface area is 251 Å². The molecule has 3 heterocycles. The van der Waals surface area contributed by atoms with Gasteiger partial charge in [0.2, 0.25) is 5.91 Å². The Hall–Kier alpha value is -3.82. The van der Waals surface area contributed by atoms with Crippen molar-refractivity contribution in [2.24, 2.45) is 5.41 Å². The van der Waals surface area contributed by atoms with Gasteiger partial charge >= 0.3 is 0 Å². The van der Waals surface area contributed by atoms with Crippen LogP contribution in [0, 0.1) is 5.41 Å². The third-order valence-corrected chi connectivity index (χ3v) is 7.01. The summed E-state index contributed by atoms with van der Waals surface area (Å²) in [6.45, 7) is 4.08. The number of benzene rings is 2. The van der Waals surface area contributed by atoms with Crippen LogP contribution in [-0.4, -0.2) is 62.3 Å². The molecule has 222 valence electrons. The zero-order valence-corrected chi connectivity index (χ0v) is 25.3. The maximum atomic E-state index is 12.3. The van der Waals surface area contributed by atoms with Gasteiger partial charge in [0.05, 0.1) is 33.5 Å². The highest BCUT2D eigenvalue weighted by molar-refractivity contribution is 7.85. The van der Waals surface area contributed by atoms with Gasteiger partial charge in [0.25, 0.3) is 10.1 Å². The number of nitrogens with zero attached hydrogens (tertiary/aromatic N) is 4. The Morgan fingerprint density at radius 3 is 2.64 bits per heavy atom. The molecule has 0 saturated carbocycles. The molecule has 0 spiro atoms. The third-order valence-electron chi connectivity index (χ3n) is 5.95. The molecule has 15 heteroatoms. The van der Waals surface area contributed by atoms with E-state index in [0.717, 1.165) is 26.8 Å². The highest BCUT2D eigenvalue weighted by Crippen LogP contribution is 2.34. The van der Waals surface area contributed by atoms with E-state index in [1.165, 1.54) is 17.9 Å². The number of nitrogens with one attached hydrogen (secondary N) is 2. The molecule has 5 rings (SSSR count). The number of hydrogen-bond donors (Lipinski definition) is 4. The average molecular weight is 633 g/mol. The van der Waals surface area contributed by atoms with Gasteiger partial charge in [0.1, 0.15) is 23.3 Å². The highest BCUT2D eigenvalue weighted by Gasteiger charge is 2.26. The summed E-state index contributed by atoms with van der Waals surface area (Å²) in [5.74, 6) is 1.63. The number of halogens is 1. The molecule has 3 aromatic heterocycles. The second-order valence-corrected chi connectivity index (χ2v) is 12.6. The molecule has 42 heavy (non-hydrogen) atoms. The number of aliphatic hydroxyl groups excluding tert-OH is 1. The van der Waals surface area contributed by atoms with Crippen molar-refractivity contribution in [3.63, 3.8) is 0 Å². The minimum atomic E-state index is -3.67. The fourth-order valence-electron chi connectivity index (χ4n) is 3.74. The van der Waals surface area contributed by atoms with Crippen LogP contribution in [0.4, 0.5) is 11.5 Å². The molecule has 0 unspecified atom stereocenters. The molecule has 5 aromatic rings. The number of hydrogen-bond acceptors (Lipinski definition) is 10. The SMILES string of the molecule is CC(C)(CO)C(=O)NCCn1ccc2ncnc(Nc3ccc(Oc4ccc5cnsc5c4)c(Cl)c3)c21.CS(=O)(=O)O. The average Bonchev–Trinajstić information content (AvgIpc) is 3.56. The fraction of sp³-hybridized carbons (Fsp3) is 0.259. The molecule has 0 bridgehead atoms. The van der Waals surface area contributed by atoms with Crippen molar-refractivity contribution in [2.75, 3.05) is 24.7 Å². The Kier molecular flexibility index (Phi) is 9.64. The van der Waals surface area contributed by atoms with Crippen LogP contribution in [0.3, 0.4) is 0 Å². The lowest BCUT2D eigenvalue weighted by Gasteiger charge is -2.20. The van der Waals surface area contributed by atoms with Crippen LogP contribution in [0.15, 0.2) is 61.2 Å². The molecule has 4 N–H and O–H groups in total. The van der Waals surface area contributed by atoms with E-state index in [1.807, 2.05) is 47.3 Å².